The van der Waals surface area contributed by atoms with Gasteiger partial charge in [-0.25, -0.2) is 4.79 Å². The molecular formula is C14H12O4. The molecule has 0 heterocycles. The number of carbonyl (C=O) groups excluding carboxylic acids is 1. The van der Waals surface area contributed by atoms with Gasteiger partial charge in [0.2, 0.25) is 0 Å². The predicted octanol–water partition coefficient (Wildman–Crippen LogP) is 2.63. The average Bonchev–Trinajstić information content (AvgIpc) is 2.34. The lowest BCUT2D eigenvalue weighted by molar-refractivity contribution is 0.0733. The van der Waals surface area contributed by atoms with Crippen LogP contribution in [-0.4, -0.2) is 16.2 Å². The van der Waals surface area contributed by atoms with Crippen LogP contribution < -0.4 is 4.74 Å². The molecule has 4 heteroatoms. The summed E-state index contributed by atoms with van der Waals surface area (Å²) in [5, 5.41) is 18.4. The van der Waals surface area contributed by atoms with Gasteiger partial charge >= 0.3 is 5.97 Å². The molecule has 0 amide bonds. The van der Waals surface area contributed by atoms with Gasteiger partial charge in [0.05, 0.1) is 5.56 Å². The third-order valence-corrected chi connectivity index (χ3v) is 2.52. The Kier molecular flexibility index (Phi) is 3.19. The van der Waals surface area contributed by atoms with E-state index in [2.05, 4.69) is 0 Å². The lowest BCUT2D eigenvalue weighted by Crippen LogP contribution is -2.09. The summed E-state index contributed by atoms with van der Waals surface area (Å²) in [7, 11) is 0. The van der Waals surface area contributed by atoms with Gasteiger partial charge in [0.15, 0.2) is 11.5 Å². The molecule has 0 bridgehead atoms. The van der Waals surface area contributed by atoms with E-state index in [0.717, 1.165) is 5.56 Å². The Hall–Kier alpha value is -2.49. The molecule has 0 atom stereocenters. The summed E-state index contributed by atoms with van der Waals surface area (Å²) in [6.45, 7) is 1.81. The largest absolute Gasteiger partial charge is 0.504 e. The molecule has 0 aliphatic carbocycles. The van der Waals surface area contributed by atoms with E-state index < -0.39 is 5.97 Å². The van der Waals surface area contributed by atoms with Crippen LogP contribution in [0.15, 0.2) is 42.5 Å². The van der Waals surface area contributed by atoms with Crippen molar-refractivity contribution in [2.75, 3.05) is 0 Å². The fourth-order valence-corrected chi connectivity index (χ4v) is 1.53. The molecule has 0 saturated carbocycles. The van der Waals surface area contributed by atoms with Gasteiger partial charge in [-0.05, 0) is 30.7 Å². The highest BCUT2D eigenvalue weighted by molar-refractivity contribution is 5.92. The number of hydrogen-bond donors (Lipinski definition) is 2. The average molecular weight is 244 g/mol. The van der Waals surface area contributed by atoms with Crippen LogP contribution in [0.3, 0.4) is 0 Å². The van der Waals surface area contributed by atoms with Crippen molar-refractivity contribution < 1.29 is 19.7 Å². The fraction of sp³-hybridized carbons (Fsp3) is 0.0714. The number of aryl methyl sites for hydroxylation is 1. The van der Waals surface area contributed by atoms with E-state index in [1.165, 1.54) is 18.2 Å². The van der Waals surface area contributed by atoms with Gasteiger partial charge in [0, 0.05) is 6.07 Å². The van der Waals surface area contributed by atoms with Crippen molar-refractivity contribution in [2.24, 2.45) is 0 Å². The maximum absolute atomic E-state index is 11.9. The van der Waals surface area contributed by atoms with Gasteiger partial charge in [0.1, 0.15) is 5.75 Å². The van der Waals surface area contributed by atoms with Crippen LogP contribution >= 0.6 is 0 Å². The summed E-state index contributed by atoms with van der Waals surface area (Å²) in [6, 6.07) is 10.9. The normalized spacial score (nSPS) is 10.1. The molecule has 0 aromatic heterocycles. The first-order chi connectivity index (χ1) is 8.58. The number of hydrogen-bond acceptors (Lipinski definition) is 4. The summed E-state index contributed by atoms with van der Waals surface area (Å²) in [4.78, 5) is 11.9. The lowest BCUT2D eigenvalue weighted by Gasteiger charge is -2.07. The molecule has 2 N–H and O–H groups in total. The van der Waals surface area contributed by atoms with Gasteiger partial charge in [0.25, 0.3) is 0 Å². The van der Waals surface area contributed by atoms with E-state index in [4.69, 9.17) is 9.84 Å². The zero-order valence-electron chi connectivity index (χ0n) is 9.75. The molecule has 2 aromatic rings. The van der Waals surface area contributed by atoms with Crippen molar-refractivity contribution in [1.29, 1.82) is 0 Å². The van der Waals surface area contributed by atoms with Crippen molar-refractivity contribution >= 4 is 5.97 Å². The Morgan fingerprint density at radius 2 is 1.78 bits per heavy atom. The van der Waals surface area contributed by atoms with Crippen molar-refractivity contribution in [1.82, 2.24) is 0 Å². The second kappa shape index (κ2) is 4.79. The molecule has 0 aliphatic rings. The number of esters is 1. The third kappa shape index (κ3) is 2.43. The van der Waals surface area contributed by atoms with Crippen LogP contribution in [-0.2, 0) is 0 Å². The highest BCUT2D eigenvalue weighted by atomic mass is 16.5. The van der Waals surface area contributed by atoms with Gasteiger partial charge in [-0.2, -0.15) is 0 Å². The van der Waals surface area contributed by atoms with Crippen LogP contribution in [0.1, 0.15) is 15.9 Å². The van der Waals surface area contributed by atoms with Crippen molar-refractivity contribution in [3.05, 3.63) is 53.6 Å². The molecule has 0 unspecified atom stereocenters. The van der Waals surface area contributed by atoms with Crippen LogP contribution in [0.4, 0.5) is 0 Å². The zero-order valence-corrected chi connectivity index (χ0v) is 9.75. The first-order valence-corrected chi connectivity index (χ1v) is 5.37. The Bertz CT molecular complexity index is 590. The van der Waals surface area contributed by atoms with Crippen molar-refractivity contribution in [3.63, 3.8) is 0 Å². The van der Waals surface area contributed by atoms with Gasteiger partial charge in [-0.3, -0.25) is 0 Å². The van der Waals surface area contributed by atoms with Crippen LogP contribution in [0.25, 0.3) is 0 Å². The highest BCUT2D eigenvalue weighted by Gasteiger charge is 2.11. The first-order valence-electron chi connectivity index (χ1n) is 5.37. The second-order valence-electron chi connectivity index (χ2n) is 3.85. The number of phenolic OH excluding ortho intramolecular Hbond substituents is 2. The van der Waals surface area contributed by atoms with Crippen LogP contribution in [0, 0.1) is 6.92 Å². The summed E-state index contributed by atoms with van der Waals surface area (Å²) >= 11 is 0. The quantitative estimate of drug-likeness (QED) is 0.484. The topological polar surface area (TPSA) is 66.8 Å². The number of carbonyl (C=O) groups is 1. The van der Waals surface area contributed by atoms with E-state index in [1.807, 2.05) is 19.1 Å². The van der Waals surface area contributed by atoms with Crippen LogP contribution in [0.2, 0.25) is 0 Å². The van der Waals surface area contributed by atoms with Crippen molar-refractivity contribution in [3.8, 4) is 17.2 Å². The summed E-state index contributed by atoms with van der Waals surface area (Å²) < 4.78 is 5.11. The van der Waals surface area contributed by atoms with Gasteiger partial charge in [-0.15, -0.1) is 0 Å². The fourth-order valence-electron chi connectivity index (χ4n) is 1.53. The number of phenols is 2. The monoisotopic (exact) mass is 244 g/mol. The Morgan fingerprint density at radius 1 is 1.06 bits per heavy atom. The number of benzene rings is 2. The number of rotatable bonds is 2. The van der Waals surface area contributed by atoms with Crippen LogP contribution in [0.5, 0.6) is 17.2 Å². The maximum Gasteiger partial charge on any atom is 0.343 e. The molecule has 4 nitrogen and oxygen atoms in total. The maximum atomic E-state index is 11.9. The smallest absolute Gasteiger partial charge is 0.343 e. The Morgan fingerprint density at radius 3 is 2.44 bits per heavy atom. The van der Waals surface area contributed by atoms with E-state index in [0.29, 0.717) is 5.56 Å². The molecule has 0 radical (unpaired) electrons. The molecule has 0 saturated heterocycles. The molecule has 0 fully saturated rings. The Balaban J connectivity index is 2.22. The third-order valence-electron chi connectivity index (χ3n) is 2.52. The molecule has 18 heavy (non-hydrogen) atoms. The standard InChI is InChI=1S/C14H12O4/c1-9-4-2-3-5-11(9)14(17)18-10-6-7-12(15)13(16)8-10/h2-8,15-16H,1H3. The molecule has 2 aromatic carbocycles. The summed E-state index contributed by atoms with van der Waals surface area (Å²) in [6.07, 6.45) is 0. The SMILES string of the molecule is Cc1ccccc1C(=O)Oc1ccc(O)c(O)c1. The molecule has 92 valence electrons. The minimum absolute atomic E-state index is 0.179. The van der Waals surface area contributed by atoms with E-state index in [9.17, 15) is 9.90 Å². The number of aromatic hydroxyl groups is 2. The zero-order chi connectivity index (χ0) is 13.1. The molecular weight excluding hydrogens is 232 g/mol. The minimum Gasteiger partial charge on any atom is -0.504 e. The van der Waals surface area contributed by atoms with Gasteiger partial charge < -0.3 is 14.9 Å². The summed E-state index contributed by atoms with van der Waals surface area (Å²) in [5.41, 5.74) is 1.27. The summed E-state index contributed by atoms with van der Waals surface area (Å²) in [5.74, 6) is -0.910. The molecule has 2 rings (SSSR count). The van der Waals surface area contributed by atoms with Crippen molar-refractivity contribution in [2.45, 2.75) is 6.92 Å². The van der Waals surface area contributed by atoms with E-state index >= 15 is 0 Å². The second-order valence-corrected chi connectivity index (χ2v) is 3.85. The molecule has 0 spiro atoms. The Labute approximate surface area is 104 Å². The van der Waals surface area contributed by atoms with E-state index in [1.54, 1.807) is 12.1 Å². The number of ether oxygens (including phenoxy) is 1. The lowest BCUT2D eigenvalue weighted by atomic mass is 10.1. The molecule has 0 aliphatic heterocycles. The predicted molar refractivity (Wildman–Crippen MR) is 65.9 cm³/mol. The highest BCUT2D eigenvalue weighted by Crippen LogP contribution is 2.29. The van der Waals surface area contributed by atoms with E-state index in [-0.39, 0.29) is 17.2 Å². The first kappa shape index (κ1) is 12.0. The minimum atomic E-state index is -0.502. The van der Waals surface area contributed by atoms with Gasteiger partial charge in [-0.1, -0.05) is 18.2 Å².